The fraction of sp³-hybridized carbons (Fsp3) is 0.316. The Morgan fingerprint density at radius 2 is 1.81 bits per heavy atom. The van der Waals surface area contributed by atoms with Crippen molar-refractivity contribution in [3.8, 4) is 5.75 Å². The summed E-state index contributed by atoms with van der Waals surface area (Å²) in [4.78, 5) is 12.8. The molecule has 0 aliphatic heterocycles. The topological polar surface area (TPSA) is 41.6 Å². The third-order valence-corrected chi connectivity index (χ3v) is 3.63. The van der Waals surface area contributed by atoms with Gasteiger partial charge in [-0.15, -0.1) is 12.4 Å². The summed E-state index contributed by atoms with van der Waals surface area (Å²) < 4.78 is 34.2. The summed E-state index contributed by atoms with van der Waals surface area (Å²) in [6.45, 7) is -0.438. The van der Waals surface area contributed by atoms with Crippen molar-refractivity contribution in [1.29, 1.82) is 0 Å². The van der Waals surface area contributed by atoms with Crippen molar-refractivity contribution in [3.63, 3.8) is 0 Å². The minimum Gasteiger partial charge on any atom is -0.489 e. The maximum atomic E-state index is 14.3. The maximum Gasteiger partial charge on any atom is 0.285 e. The largest absolute Gasteiger partial charge is 0.489 e. The highest BCUT2D eigenvalue weighted by Gasteiger charge is 2.31. The Kier molecular flexibility index (Phi) is 8.48. The zero-order valence-corrected chi connectivity index (χ0v) is 15.6. The molecule has 0 fully saturated rings. The summed E-state index contributed by atoms with van der Waals surface area (Å²) in [6.07, 6.45) is 0. The van der Waals surface area contributed by atoms with Crippen LogP contribution in [0.1, 0.15) is 11.1 Å². The van der Waals surface area contributed by atoms with Gasteiger partial charge < -0.3 is 15.0 Å². The van der Waals surface area contributed by atoms with Gasteiger partial charge in [-0.1, -0.05) is 42.5 Å². The molecule has 0 heterocycles. The molecule has 26 heavy (non-hydrogen) atoms. The summed E-state index contributed by atoms with van der Waals surface area (Å²) in [5.41, 5.74) is 0.811. The van der Waals surface area contributed by atoms with Crippen LogP contribution in [0.15, 0.2) is 54.6 Å². The average molecular weight is 385 g/mol. The zero-order valence-electron chi connectivity index (χ0n) is 14.7. The highest BCUT2D eigenvalue weighted by molar-refractivity contribution is 5.85. The van der Waals surface area contributed by atoms with Crippen LogP contribution in [0.4, 0.5) is 8.78 Å². The van der Waals surface area contributed by atoms with Gasteiger partial charge in [-0.05, 0) is 17.7 Å². The number of benzene rings is 2. The lowest BCUT2D eigenvalue weighted by Gasteiger charge is -2.19. The van der Waals surface area contributed by atoms with Gasteiger partial charge in [0.25, 0.3) is 5.92 Å². The van der Waals surface area contributed by atoms with Crippen molar-refractivity contribution in [2.45, 2.75) is 12.5 Å². The molecule has 4 nitrogen and oxygen atoms in total. The minimum absolute atomic E-state index is 0. The summed E-state index contributed by atoms with van der Waals surface area (Å²) in [5, 5.41) is 2.50. The molecule has 2 rings (SSSR count). The van der Waals surface area contributed by atoms with Crippen LogP contribution in [0.2, 0.25) is 0 Å². The Balaban J connectivity index is 0.00000338. The SMILES string of the molecule is CN(C)C(=O)CNCC(F)(F)c1cccc(OCc2ccccc2)c1.Cl. The van der Waals surface area contributed by atoms with Crippen LogP contribution in [-0.2, 0) is 17.3 Å². The molecule has 142 valence electrons. The molecular weight excluding hydrogens is 362 g/mol. The molecule has 1 N–H and O–H groups in total. The van der Waals surface area contributed by atoms with Crippen LogP contribution in [0.25, 0.3) is 0 Å². The fourth-order valence-corrected chi connectivity index (χ4v) is 2.14. The van der Waals surface area contributed by atoms with Gasteiger partial charge in [0.2, 0.25) is 5.91 Å². The molecule has 0 aliphatic carbocycles. The van der Waals surface area contributed by atoms with Gasteiger partial charge in [-0.25, -0.2) is 0 Å². The maximum absolute atomic E-state index is 14.3. The van der Waals surface area contributed by atoms with Crippen LogP contribution in [0.5, 0.6) is 5.75 Å². The zero-order chi connectivity index (χ0) is 18.3. The highest BCUT2D eigenvalue weighted by Crippen LogP contribution is 2.29. The van der Waals surface area contributed by atoms with Crippen LogP contribution in [0.3, 0.4) is 0 Å². The number of amides is 1. The normalized spacial score (nSPS) is 10.8. The number of rotatable bonds is 8. The monoisotopic (exact) mass is 384 g/mol. The number of carbonyl (C=O) groups is 1. The van der Waals surface area contributed by atoms with Gasteiger partial charge in [-0.3, -0.25) is 4.79 Å². The molecule has 0 spiro atoms. The Hall–Kier alpha value is -2.18. The molecule has 0 radical (unpaired) electrons. The number of halogens is 3. The second-order valence-corrected chi connectivity index (χ2v) is 5.90. The van der Waals surface area contributed by atoms with Gasteiger partial charge >= 0.3 is 0 Å². The van der Waals surface area contributed by atoms with E-state index < -0.39 is 12.5 Å². The van der Waals surface area contributed by atoms with Crippen molar-refractivity contribution in [2.24, 2.45) is 0 Å². The number of hydrogen-bond donors (Lipinski definition) is 1. The lowest BCUT2D eigenvalue weighted by molar-refractivity contribution is -0.128. The van der Waals surface area contributed by atoms with E-state index in [9.17, 15) is 13.6 Å². The van der Waals surface area contributed by atoms with Crippen LogP contribution in [0, 0.1) is 0 Å². The van der Waals surface area contributed by atoms with E-state index in [1.807, 2.05) is 30.3 Å². The molecule has 0 bridgehead atoms. The second kappa shape index (κ2) is 10.1. The standard InChI is InChI=1S/C19H22F2N2O2.ClH/c1-23(2)18(24)12-22-14-19(20,21)16-9-6-10-17(11-16)25-13-15-7-4-3-5-8-15;/h3-11,22H,12-14H2,1-2H3;1H. The third kappa shape index (κ3) is 6.61. The number of nitrogens with one attached hydrogen (secondary N) is 1. The van der Waals surface area contributed by atoms with E-state index in [-0.39, 0.29) is 30.4 Å². The van der Waals surface area contributed by atoms with E-state index in [2.05, 4.69) is 5.32 Å². The number of likely N-dealkylation sites (N-methyl/N-ethyl adjacent to an activating group) is 1. The first-order valence-electron chi connectivity index (χ1n) is 7.94. The number of nitrogens with zero attached hydrogens (tertiary/aromatic N) is 1. The first-order chi connectivity index (χ1) is 11.9. The van der Waals surface area contributed by atoms with E-state index in [0.717, 1.165) is 5.56 Å². The first kappa shape index (κ1) is 21.9. The number of carbonyl (C=O) groups excluding carboxylic acids is 1. The van der Waals surface area contributed by atoms with Crippen molar-refractivity contribution in [3.05, 3.63) is 65.7 Å². The second-order valence-electron chi connectivity index (χ2n) is 5.90. The molecule has 7 heteroatoms. The van der Waals surface area contributed by atoms with E-state index in [1.165, 1.54) is 23.1 Å². The first-order valence-corrected chi connectivity index (χ1v) is 7.94. The summed E-state index contributed by atoms with van der Waals surface area (Å²) in [7, 11) is 3.16. The number of ether oxygens (including phenoxy) is 1. The van der Waals surface area contributed by atoms with Gasteiger partial charge in [0.05, 0.1) is 13.1 Å². The smallest absolute Gasteiger partial charge is 0.285 e. The Bertz CT molecular complexity index is 697. The van der Waals surface area contributed by atoms with Crippen LogP contribution in [-0.4, -0.2) is 38.0 Å². The van der Waals surface area contributed by atoms with Crippen molar-refractivity contribution in [2.75, 3.05) is 27.2 Å². The minimum atomic E-state index is -3.10. The number of hydrogen-bond acceptors (Lipinski definition) is 3. The molecule has 0 saturated heterocycles. The fourth-order valence-electron chi connectivity index (χ4n) is 2.14. The third-order valence-electron chi connectivity index (χ3n) is 3.63. The summed E-state index contributed by atoms with van der Waals surface area (Å²) in [6, 6.07) is 15.4. The van der Waals surface area contributed by atoms with Gasteiger partial charge in [-0.2, -0.15) is 8.78 Å². The van der Waals surface area contributed by atoms with Crippen LogP contribution >= 0.6 is 12.4 Å². The molecule has 2 aromatic carbocycles. The van der Waals surface area contributed by atoms with Gasteiger partial charge in [0, 0.05) is 19.7 Å². The lowest BCUT2D eigenvalue weighted by Crippen LogP contribution is -2.38. The van der Waals surface area contributed by atoms with E-state index in [4.69, 9.17) is 4.74 Å². The lowest BCUT2D eigenvalue weighted by atomic mass is 10.1. The van der Waals surface area contributed by atoms with E-state index in [1.54, 1.807) is 20.2 Å². The Labute approximate surface area is 158 Å². The van der Waals surface area contributed by atoms with E-state index >= 15 is 0 Å². The van der Waals surface area contributed by atoms with Gasteiger partial charge in [0.1, 0.15) is 12.4 Å². The summed E-state index contributed by atoms with van der Waals surface area (Å²) in [5.74, 6) is -2.97. The molecule has 0 aromatic heterocycles. The summed E-state index contributed by atoms with van der Waals surface area (Å²) >= 11 is 0. The van der Waals surface area contributed by atoms with Gasteiger partial charge in [0.15, 0.2) is 0 Å². The highest BCUT2D eigenvalue weighted by atomic mass is 35.5. The average Bonchev–Trinajstić information content (AvgIpc) is 2.61. The Morgan fingerprint density at radius 3 is 2.46 bits per heavy atom. The van der Waals surface area contributed by atoms with Crippen LogP contribution < -0.4 is 10.1 Å². The quantitative estimate of drug-likeness (QED) is 0.757. The molecular formula is C19H23ClF2N2O2. The van der Waals surface area contributed by atoms with Crippen molar-refractivity contribution >= 4 is 18.3 Å². The molecule has 0 saturated carbocycles. The molecule has 1 amide bonds. The van der Waals surface area contributed by atoms with E-state index in [0.29, 0.717) is 12.4 Å². The number of alkyl halides is 2. The predicted molar refractivity (Wildman–Crippen MR) is 99.9 cm³/mol. The predicted octanol–water partition coefficient (Wildman–Crippen LogP) is 3.46. The van der Waals surface area contributed by atoms with Crippen molar-refractivity contribution in [1.82, 2.24) is 10.2 Å². The molecule has 2 aromatic rings. The molecule has 0 unspecified atom stereocenters. The van der Waals surface area contributed by atoms with Crippen molar-refractivity contribution < 1.29 is 18.3 Å². The molecule has 0 aliphatic rings. The molecule has 0 atom stereocenters. The Morgan fingerprint density at radius 1 is 1.12 bits per heavy atom.